The Morgan fingerprint density at radius 3 is 1.75 bits per heavy atom. The van der Waals surface area contributed by atoms with Crippen LogP contribution < -0.4 is 0 Å². The molecule has 0 aliphatic rings. The van der Waals surface area contributed by atoms with Gasteiger partial charge in [0.2, 0.25) is 0 Å². The van der Waals surface area contributed by atoms with E-state index >= 15 is 0 Å². The van der Waals surface area contributed by atoms with Crippen LogP contribution in [-0.4, -0.2) is 11.8 Å². The van der Waals surface area contributed by atoms with Crippen molar-refractivity contribution < 1.29 is 0 Å². The smallest absolute Gasteiger partial charge is 0.0524 e. The van der Waals surface area contributed by atoms with Gasteiger partial charge in [-0.25, -0.2) is 0 Å². The van der Waals surface area contributed by atoms with Crippen LogP contribution in [0.25, 0.3) is 0 Å². The monoisotopic (exact) mass is 167 g/mol. The molecule has 0 N–H and O–H groups in total. The Kier molecular flexibility index (Phi) is 3.69. The molecule has 0 spiro atoms. The molecule has 0 aliphatic heterocycles. The van der Waals surface area contributed by atoms with E-state index in [0.717, 1.165) is 0 Å². The predicted molar refractivity (Wildman–Crippen MR) is 56.8 cm³/mol. The van der Waals surface area contributed by atoms with Crippen LogP contribution in [0.3, 0.4) is 0 Å². The van der Waals surface area contributed by atoms with Gasteiger partial charge in [-0.2, -0.15) is 0 Å². The van der Waals surface area contributed by atoms with Crippen LogP contribution in [0.4, 0.5) is 0 Å². The van der Waals surface area contributed by atoms with Crippen molar-refractivity contribution in [2.75, 3.05) is 0 Å². The van der Waals surface area contributed by atoms with Gasteiger partial charge < -0.3 is 0 Å². The summed E-state index contributed by atoms with van der Waals surface area (Å²) in [5, 5.41) is 0. The van der Waals surface area contributed by atoms with Gasteiger partial charge in [-0.05, 0) is 32.3 Å². The average Bonchev–Trinajstić information content (AvgIpc) is 1.76. The summed E-state index contributed by atoms with van der Waals surface area (Å²) in [4.78, 5) is 4.35. The normalized spacial score (nSPS) is 14.8. The zero-order chi connectivity index (χ0) is 9.83. The fourth-order valence-electron chi connectivity index (χ4n) is 0.598. The predicted octanol–water partition coefficient (Wildman–Crippen LogP) is 3.46. The lowest BCUT2D eigenvalue weighted by atomic mass is 9.96. The first-order valence-electron chi connectivity index (χ1n) is 4.44. The lowest BCUT2D eigenvalue weighted by Crippen LogP contribution is -2.09. The summed E-state index contributed by atoms with van der Waals surface area (Å²) in [6.45, 7) is 12.8. The summed E-state index contributed by atoms with van der Waals surface area (Å²) in [5.41, 5.74) is 0.298. The third-order valence-corrected chi connectivity index (χ3v) is 1.14. The summed E-state index contributed by atoms with van der Waals surface area (Å²) in [6, 6.07) is 0. The van der Waals surface area contributed by atoms with Crippen LogP contribution in [0.5, 0.6) is 0 Å². The first kappa shape index (κ1) is 11.4. The zero-order valence-electron chi connectivity index (χ0n) is 9.18. The van der Waals surface area contributed by atoms with E-state index in [-0.39, 0.29) is 11.0 Å². The second-order valence-corrected chi connectivity index (χ2v) is 5.17. The Morgan fingerprint density at radius 2 is 1.42 bits per heavy atom. The van der Waals surface area contributed by atoms with Crippen molar-refractivity contribution in [1.82, 2.24) is 0 Å². The molecule has 12 heavy (non-hydrogen) atoms. The SMILES string of the molecule is CC(C)(C)/C=C\C=N/C(C)(C)C. The number of rotatable bonds is 1. The van der Waals surface area contributed by atoms with Crippen molar-refractivity contribution >= 4 is 6.21 Å². The number of hydrogen-bond acceptors (Lipinski definition) is 1. The molecule has 0 atom stereocenters. The topological polar surface area (TPSA) is 12.4 Å². The van der Waals surface area contributed by atoms with Crippen molar-refractivity contribution in [2.24, 2.45) is 10.4 Å². The molecule has 0 aromatic heterocycles. The summed E-state index contributed by atoms with van der Waals surface area (Å²) in [5.74, 6) is 0. The maximum absolute atomic E-state index is 4.35. The zero-order valence-corrected chi connectivity index (χ0v) is 9.18. The fraction of sp³-hybridized carbons (Fsp3) is 0.727. The minimum Gasteiger partial charge on any atom is -0.287 e. The Labute approximate surface area is 76.6 Å². The van der Waals surface area contributed by atoms with E-state index in [1.54, 1.807) is 0 Å². The van der Waals surface area contributed by atoms with Gasteiger partial charge in [0.05, 0.1) is 5.54 Å². The third-order valence-electron chi connectivity index (χ3n) is 1.14. The maximum atomic E-state index is 4.35. The minimum atomic E-state index is 0.0439. The maximum Gasteiger partial charge on any atom is 0.0524 e. The Balaban J connectivity index is 4.00. The standard InChI is InChI=1S/C11H21N/c1-10(2,3)8-7-9-12-11(4,5)6/h7-9H,1-6H3/b8-7-,12-9-. The van der Waals surface area contributed by atoms with Crippen LogP contribution in [0, 0.1) is 5.41 Å². The van der Waals surface area contributed by atoms with Gasteiger partial charge in [-0.1, -0.05) is 26.8 Å². The van der Waals surface area contributed by atoms with E-state index < -0.39 is 0 Å². The molecule has 0 aromatic carbocycles. The van der Waals surface area contributed by atoms with E-state index in [0.29, 0.717) is 0 Å². The third kappa shape index (κ3) is 9.41. The highest BCUT2D eigenvalue weighted by Gasteiger charge is 2.04. The Bertz CT molecular complexity index is 152. The van der Waals surface area contributed by atoms with E-state index in [1.807, 2.05) is 12.3 Å². The molecular formula is C11H21N. The molecule has 70 valence electrons. The van der Waals surface area contributed by atoms with E-state index in [4.69, 9.17) is 0 Å². The highest BCUT2D eigenvalue weighted by Crippen LogP contribution is 2.13. The molecule has 1 nitrogen and oxygen atoms in total. The molecule has 0 saturated carbocycles. The highest BCUT2D eigenvalue weighted by atomic mass is 14.8. The summed E-state index contributed by atoms with van der Waals surface area (Å²) < 4.78 is 0. The number of allylic oxidation sites excluding steroid dienone is 2. The van der Waals surface area contributed by atoms with Gasteiger partial charge >= 0.3 is 0 Å². The van der Waals surface area contributed by atoms with Gasteiger partial charge in [0, 0.05) is 6.21 Å². The van der Waals surface area contributed by atoms with Crippen LogP contribution in [0.15, 0.2) is 17.1 Å². The quantitative estimate of drug-likeness (QED) is 0.530. The van der Waals surface area contributed by atoms with Crippen molar-refractivity contribution in [2.45, 2.75) is 47.1 Å². The van der Waals surface area contributed by atoms with E-state index in [2.05, 4.69) is 52.6 Å². The second-order valence-electron chi connectivity index (χ2n) is 5.17. The largest absolute Gasteiger partial charge is 0.287 e. The molecule has 0 radical (unpaired) electrons. The van der Waals surface area contributed by atoms with Gasteiger partial charge in [0.15, 0.2) is 0 Å². The summed E-state index contributed by atoms with van der Waals surface area (Å²) in [6.07, 6.45) is 6.05. The first-order chi connectivity index (χ1) is 5.21. The molecule has 0 bridgehead atoms. The van der Waals surface area contributed by atoms with Crippen molar-refractivity contribution in [3.05, 3.63) is 12.2 Å². The lowest BCUT2D eigenvalue weighted by molar-refractivity contribution is 0.544. The molecule has 1 heteroatoms. The van der Waals surface area contributed by atoms with Gasteiger partial charge in [0.1, 0.15) is 0 Å². The first-order valence-corrected chi connectivity index (χ1v) is 4.44. The van der Waals surface area contributed by atoms with Crippen LogP contribution in [-0.2, 0) is 0 Å². The molecule has 0 rings (SSSR count). The van der Waals surface area contributed by atoms with Gasteiger partial charge in [-0.3, -0.25) is 4.99 Å². The Hall–Kier alpha value is -0.590. The number of hydrogen-bond donors (Lipinski definition) is 0. The molecule has 0 saturated heterocycles. The molecular weight excluding hydrogens is 146 g/mol. The molecule has 0 amide bonds. The molecule has 0 unspecified atom stereocenters. The molecule has 0 aromatic rings. The van der Waals surface area contributed by atoms with Crippen molar-refractivity contribution in [3.8, 4) is 0 Å². The molecule has 0 fully saturated rings. The minimum absolute atomic E-state index is 0.0439. The lowest BCUT2D eigenvalue weighted by Gasteiger charge is -2.11. The number of aliphatic imine (C=N–C) groups is 1. The van der Waals surface area contributed by atoms with E-state index in [9.17, 15) is 0 Å². The van der Waals surface area contributed by atoms with Crippen molar-refractivity contribution in [1.29, 1.82) is 0 Å². The van der Waals surface area contributed by atoms with E-state index in [1.165, 1.54) is 0 Å². The second kappa shape index (κ2) is 3.88. The molecule has 0 aliphatic carbocycles. The number of nitrogens with zero attached hydrogens (tertiary/aromatic N) is 1. The summed E-state index contributed by atoms with van der Waals surface area (Å²) in [7, 11) is 0. The summed E-state index contributed by atoms with van der Waals surface area (Å²) >= 11 is 0. The van der Waals surface area contributed by atoms with Crippen LogP contribution in [0.2, 0.25) is 0 Å². The van der Waals surface area contributed by atoms with Gasteiger partial charge in [-0.15, -0.1) is 0 Å². The fourth-order valence-corrected chi connectivity index (χ4v) is 0.598. The van der Waals surface area contributed by atoms with Gasteiger partial charge in [0.25, 0.3) is 0 Å². The highest BCUT2D eigenvalue weighted by molar-refractivity contribution is 5.71. The van der Waals surface area contributed by atoms with Crippen molar-refractivity contribution in [3.63, 3.8) is 0 Å². The van der Waals surface area contributed by atoms with Crippen LogP contribution >= 0.6 is 0 Å². The average molecular weight is 167 g/mol. The molecule has 0 heterocycles. The Morgan fingerprint density at radius 1 is 0.917 bits per heavy atom. The van der Waals surface area contributed by atoms with Crippen LogP contribution in [0.1, 0.15) is 41.5 Å².